The fourth-order valence-corrected chi connectivity index (χ4v) is 2.93. The van der Waals surface area contributed by atoms with Crippen molar-refractivity contribution in [3.05, 3.63) is 17.5 Å². The SMILES string of the molecule is Cc1cc(CN2CCCN(CCCCN)CC2)n(C)n1. The predicted molar refractivity (Wildman–Crippen MR) is 82.6 cm³/mol. The van der Waals surface area contributed by atoms with Crippen LogP contribution in [-0.2, 0) is 13.6 Å². The Kier molecular flexibility index (Phi) is 6.01. The zero-order chi connectivity index (χ0) is 14.4. The molecule has 0 aliphatic carbocycles. The maximum Gasteiger partial charge on any atom is 0.0597 e. The lowest BCUT2D eigenvalue weighted by molar-refractivity contribution is 0.245. The summed E-state index contributed by atoms with van der Waals surface area (Å²) in [4.78, 5) is 5.14. The van der Waals surface area contributed by atoms with E-state index in [0.29, 0.717) is 0 Å². The van der Waals surface area contributed by atoms with Crippen molar-refractivity contribution >= 4 is 0 Å². The van der Waals surface area contributed by atoms with E-state index in [2.05, 4.69) is 27.9 Å². The highest BCUT2D eigenvalue weighted by molar-refractivity contribution is 5.08. The number of unbranched alkanes of at least 4 members (excludes halogenated alkanes) is 1. The van der Waals surface area contributed by atoms with Gasteiger partial charge in [0.05, 0.1) is 11.4 Å². The molecule has 1 aromatic rings. The molecule has 1 fully saturated rings. The minimum atomic E-state index is 0.819. The van der Waals surface area contributed by atoms with Crippen LogP contribution in [-0.4, -0.2) is 58.8 Å². The van der Waals surface area contributed by atoms with Crippen molar-refractivity contribution in [1.82, 2.24) is 19.6 Å². The topological polar surface area (TPSA) is 50.3 Å². The molecule has 0 radical (unpaired) electrons. The van der Waals surface area contributed by atoms with Crippen LogP contribution < -0.4 is 5.73 Å². The van der Waals surface area contributed by atoms with Gasteiger partial charge < -0.3 is 10.6 Å². The highest BCUT2D eigenvalue weighted by Crippen LogP contribution is 2.10. The molecule has 0 bridgehead atoms. The number of aromatic nitrogens is 2. The molecule has 0 saturated carbocycles. The van der Waals surface area contributed by atoms with E-state index in [0.717, 1.165) is 31.7 Å². The van der Waals surface area contributed by atoms with Crippen LogP contribution in [0.1, 0.15) is 30.7 Å². The van der Waals surface area contributed by atoms with Gasteiger partial charge in [-0.2, -0.15) is 5.10 Å². The van der Waals surface area contributed by atoms with Crippen molar-refractivity contribution < 1.29 is 0 Å². The van der Waals surface area contributed by atoms with Crippen LogP contribution in [0.2, 0.25) is 0 Å². The van der Waals surface area contributed by atoms with E-state index in [9.17, 15) is 0 Å². The van der Waals surface area contributed by atoms with E-state index < -0.39 is 0 Å². The Bertz CT molecular complexity index is 401. The normalized spacial score (nSPS) is 18.4. The van der Waals surface area contributed by atoms with E-state index in [1.807, 2.05) is 11.7 Å². The predicted octanol–water partition coefficient (Wildman–Crippen LogP) is 0.975. The van der Waals surface area contributed by atoms with Gasteiger partial charge in [-0.15, -0.1) is 0 Å². The zero-order valence-electron chi connectivity index (χ0n) is 13.0. The summed E-state index contributed by atoms with van der Waals surface area (Å²) in [5, 5.41) is 4.43. The second kappa shape index (κ2) is 7.76. The van der Waals surface area contributed by atoms with Gasteiger partial charge in [0, 0.05) is 26.7 Å². The molecule has 0 atom stereocenters. The van der Waals surface area contributed by atoms with Crippen LogP contribution in [0.25, 0.3) is 0 Å². The lowest BCUT2D eigenvalue weighted by atomic mass is 10.3. The molecule has 20 heavy (non-hydrogen) atoms. The molecule has 1 aliphatic heterocycles. The van der Waals surface area contributed by atoms with Gasteiger partial charge in [0.2, 0.25) is 0 Å². The smallest absolute Gasteiger partial charge is 0.0597 e. The van der Waals surface area contributed by atoms with E-state index >= 15 is 0 Å². The van der Waals surface area contributed by atoms with Gasteiger partial charge in [0.1, 0.15) is 0 Å². The maximum absolute atomic E-state index is 5.56. The zero-order valence-corrected chi connectivity index (χ0v) is 13.0. The van der Waals surface area contributed by atoms with E-state index in [-0.39, 0.29) is 0 Å². The van der Waals surface area contributed by atoms with Crippen molar-refractivity contribution in [3.63, 3.8) is 0 Å². The fraction of sp³-hybridized carbons (Fsp3) is 0.800. The summed E-state index contributed by atoms with van der Waals surface area (Å²) in [7, 11) is 2.04. The number of hydrogen-bond acceptors (Lipinski definition) is 4. The summed E-state index contributed by atoms with van der Waals surface area (Å²) >= 11 is 0. The summed E-state index contributed by atoms with van der Waals surface area (Å²) in [5.74, 6) is 0. The largest absolute Gasteiger partial charge is 0.330 e. The van der Waals surface area contributed by atoms with Gasteiger partial charge in [-0.3, -0.25) is 9.58 Å². The van der Waals surface area contributed by atoms with Crippen molar-refractivity contribution in [1.29, 1.82) is 0 Å². The van der Waals surface area contributed by atoms with E-state index in [1.54, 1.807) is 0 Å². The Morgan fingerprint density at radius 2 is 1.90 bits per heavy atom. The molecule has 1 aliphatic rings. The minimum Gasteiger partial charge on any atom is -0.330 e. The third kappa shape index (κ3) is 4.58. The van der Waals surface area contributed by atoms with Crippen LogP contribution in [0.3, 0.4) is 0 Å². The second-order valence-corrected chi connectivity index (χ2v) is 5.87. The lowest BCUT2D eigenvalue weighted by Gasteiger charge is -2.21. The number of nitrogens with zero attached hydrogens (tertiary/aromatic N) is 4. The van der Waals surface area contributed by atoms with E-state index in [4.69, 9.17) is 5.73 Å². The summed E-state index contributed by atoms with van der Waals surface area (Å²) < 4.78 is 2.01. The molecule has 0 amide bonds. The molecular formula is C15H29N5. The first-order chi connectivity index (χ1) is 9.69. The molecule has 1 aromatic heterocycles. The Morgan fingerprint density at radius 1 is 1.15 bits per heavy atom. The molecule has 1 saturated heterocycles. The first kappa shape index (κ1) is 15.5. The number of aryl methyl sites for hydroxylation is 2. The van der Waals surface area contributed by atoms with Gasteiger partial charge in [-0.25, -0.2) is 0 Å². The number of rotatable bonds is 6. The monoisotopic (exact) mass is 279 g/mol. The average molecular weight is 279 g/mol. The number of hydrogen-bond donors (Lipinski definition) is 1. The number of nitrogens with two attached hydrogens (primary N) is 1. The third-order valence-electron chi connectivity index (χ3n) is 4.09. The molecule has 5 nitrogen and oxygen atoms in total. The quantitative estimate of drug-likeness (QED) is 0.789. The Balaban J connectivity index is 1.79. The van der Waals surface area contributed by atoms with Gasteiger partial charge in [-0.05, 0) is 58.4 Å². The Hall–Kier alpha value is -0.910. The highest BCUT2D eigenvalue weighted by Gasteiger charge is 2.15. The minimum absolute atomic E-state index is 0.819. The van der Waals surface area contributed by atoms with Gasteiger partial charge in [0.25, 0.3) is 0 Å². The summed E-state index contributed by atoms with van der Waals surface area (Å²) in [6.45, 7) is 9.87. The first-order valence-corrected chi connectivity index (χ1v) is 7.83. The van der Waals surface area contributed by atoms with Crippen LogP contribution in [0, 0.1) is 6.92 Å². The average Bonchev–Trinajstić information content (AvgIpc) is 2.62. The molecule has 2 rings (SSSR count). The van der Waals surface area contributed by atoms with E-state index in [1.165, 1.54) is 44.7 Å². The molecular weight excluding hydrogens is 250 g/mol. The van der Waals surface area contributed by atoms with Crippen LogP contribution in [0.4, 0.5) is 0 Å². The fourth-order valence-electron chi connectivity index (χ4n) is 2.93. The molecule has 0 spiro atoms. The van der Waals surface area contributed by atoms with Gasteiger partial charge >= 0.3 is 0 Å². The second-order valence-electron chi connectivity index (χ2n) is 5.87. The summed E-state index contributed by atoms with van der Waals surface area (Å²) in [5.41, 5.74) is 7.99. The molecule has 114 valence electrons. The Labute approximate surface area is 122 Å². The summed E-state index contributed by atoms with van der Waals surface area (Å²) in [6.07, 6.45) is 3.64. The van der Waals surface area contributed by atoms with Crippen LogP contribution >= 0.6 is 0 Å². The lowest BCUT2D eigenvalue weighted by Crippen LogP contribution is -2.31. The maximum atomic E-state index is 5.56. The third-order valence-corrected chi connectivity index (χ3v) is 4.09. The highest BCUT2D eigenvalue weighted by atomic mass is 15.3. The standard InChI is InChI=1S/C15H29N5/c1-14-12-15(18(2)17-14)13-20-9-5-8-19(10-11-20)7-4-3-6-16/h12H,3-11,13,16H2,1-2H3. The molecule has 5 heteroatoms. The van der Waals surface area contributed by atoms with Gasteiger partial charge in [-0.1, -0.05) is 0 Å². The van der Waals surface area contributed by atoms with Crippen LogP contribution in [0.5, 0.6) is 0 Å². The van der Waals surface area contributed by atoms with Crippen molar-refractivity contribution in [3.8, 4) is 0 Å². The molecule has 0 aromatic carbocycles. The van der Waals surface area contributed by atoms with Crippen molar-refractivity contribution in [2.24, 2.45) is 12.8 Å². The van der Waals surface area contributed by atoms with Crippen molar-refractivity contribution in [2.75, 3.05) is 39.3 Å². The molecule has 2 heterocycles. The van der Waals surface area contributed by atoms with Crippen molar-refractivity contribution in [2.45, 2.75) is 32.7 Å². The Morgan fingerprint density at radius 3 is 2.60 bits per heavy atom. The van der Waals surface area contributed by atoms with Gasteiger partial charge in [0.15, 0.2) is 0 Å². The molecule has 2 N–H and O–H groups in total. The summed E-state index contributed by atoms with van der Waals surface area (Å²) in [6, 6.07) is 2.20. The molecule has 0 unspecified atom stereocenters. The first-order valence-electron chi connectivity index (χ1n) is 7.83. The van der Waals surface area contributed by atoms with Crippen LogP contribution in [0.15, 0.2) is 6.07 Å².